The molecule has 7 heteroatoms. The Labute approximate surface area is 155 Å². The summed E-state index contributed by atoms with van der Waals surface area (Å²) in [6.45, 7) is 3.95. The van der Waals surface area contributed by atoms with E-state index in [4.69, 9.17) is 9.47 Å². The summed E-state index contributed by atoms with van der Waals surface area (Å²) in [7, 11) is 0. The van der Waals surface area contributed by atoms with Crippen LogP contribution >= 0.6 is 11.3 Å². The SMILES string of the molecule is Cc1sc(NC(=O)C2CC2)c(C(=O)OCCOc2ccc(F)cc2)c1C. The molecule has 1 aromatic carbocycles. The summed E-state index contributed by atoms with van der Waals surface area (Å²) in [5.41, 5.74) is 1.22. The summed E-state index contributed by atoms with van der Waals surface area (Å²) in [5.74, 6) is -0.304. The van der Waals surface area contributed by atoms with Gasteiger partial charge < -0.3 is 14.8 Å². The first-order chi connectivity index (χ1) is 12.5. The Balaban J connectivity index is 1.56. The molecule has 138 valence electrons. The number of thiophene rings is 1. The second-order valence-electron chi connectivity index (χ2n) is 6.19. The zero-order chi connectivity index (χ0) is 18.7. The Morgan fingerprint density at radius 1 is 1.19 bits per heavy atom. The fourth-order valence-corrected chi connectivity index (χ4v) is 3.47. The standard InChI is InChI=1S/C19H20FNO4S/c1-11-12(2)26-18(21-17(22)13-3-4-13)16(11)19(23)25-10-9-24-15-7-5-14(20)6-8-15/h5-8,13H,3-4,9-10H2,1-2H3,(H,21,22). The van der Waals surface area contributed by atoms with E-state index in [9.17, 15) is 14.0 Å². The van der Waals surface area contributed by atoms with E-state index in [1.807, 2.05) is 13.8 Å². The van der Waals surface area contributed by atoms with E-state index in [-0.39, 0.29) is 30.9 Å². The number of anilines is 1. The van der Waals surface area contributed by atoms with Crippen molar-refractivity contribution in [3.05, 3.63) is 46.1 Å². The zero-order valence-corrected chi connectivity index (χ0v) is 15.5. The fraction of sp³-hybridized carbons (Fsp3) is 0.368. The van der Waals surface area contributed by atoms with Gasteiger partial charge in [0.25, 0.3) is 0 Å². The van der Waals surface area contributed by atoms with Crippen molar-refractivity contribution >= 4 is 28.2 Å². The van der Waals surface area contributed by atoms with Gasteiger partial charge >= 0.3 is 5.97 Å². The molecule has 0 spiro atoms. The van der Waals surface area contributed by atoms with Gasteiger partial charge in [-0.05, 0) is 56.5 Å². The number of carbonyl (C=O) groups excluding carboxylic acids is 2. The highest BCUT2D eigenvalue weighted by atomic mass is 32.1. The molecule has 1 fully saturated rings. The van der Waals surface area contributed by atoms with Crippen molar-refractivity contribution in [1.82, 2.24) is 0 Å². The third-order valence-electron chi connectivity index (χ3n) is 4.17. The number of ether oxygens (including phenoxy) is 2. The molecular formula is C19H20FNO4S. The van der Waals surface area contributed by atoms with Gasteiger partial charge in [-0.15, -0.1) is 11.3 Å². The van der Waals surface area contributed by atoms with Crippen molar-refractivity contribution in [2.24, 2.45) is 5.92 Å². The highest BCUT2D eigenvalue weighted by Gasteiger charge is 2.31. The van der Waals surface area contributed by atoms with Crippen LogP contribution in [0.2, 0.25) is 0 Å². The molecule has 5 nitrogen and oxygen atoms in total. The summed E-state index contributed by atoms with van der Waals surface area (Å²) in [6, 6.07) is 5.62. The van der Waals surface area contributed by atoms with Crippen molar-refractivity contribution < 1.29 is 23.5 Å². The van der Waals surface area contributed by atoms with Crippen LogP contribution in [0.3, 0.4) is 0 Å². The van der Waals surface area contributed by atoms with Crippen molar-refractivity contribution in [1.29, 1.82) is 0 Å². The Morgan fingerprint density at radius 3 is 2.54 bits per heavy atom. The predicted octanol–water partition coefficient (Wildman–Crippen LogP) is 4.09. The average Bonchev–Trinajstić information content (AvgIpc) is 3.41. The lowest BCUT2D eigenvalue weighted by Gasteiger charge is -2.09. The molecule has 1 N–H and O–H groups in total. The minimum Gasteiger partial charge on any atom is -0.490 e. The average molecular weight is 377 g/mol. The van der Waals surface area contributed by atoms with Gasteiger partial charge in [0.1, 0.15) is 29.8 Å². The Bertz CT molecular complexity index is 812. The van der Waals surface area contributed by atoms with E-state index >= 15 is 0 Å². The molecule has 1 saturated carbocycles. The number of hydrogen-bond donors (Lipinski definition) is 1. The van der Waals surface area contributed by atoms with E-state index < -0.39 is 5.97 Å². The summed E-state index contributed by atoms with van der Waals surface area (Å²) in [4.78, 5) is 25.4. The topological polar surface area (TPSA) is 64.6 Å². The number of esters is 1. The predicted molar refractivity (Wildman–Crippen MR) is 97.3 cm³/mol. The van der Waals surface area contributed by atoms with E-state index in [0.29, 0.717) is 16.3 Å². The van der Waals surface area contributed by atoms with Crippen LogP contribution in [0.25, 0.3) is 0 Å². The van der Waals surface area contributed by atoms with Gasteiger partial charge in [-0.1, -0.05) is 0 Å². The smallest absolute Gasteiger partial charge is 0.341 e. The second kappa shape index (κ2) is 7.86. The Morgan fingerprint density at radius 2 is 1.88 bits per heavy atom. The van der Waals surface area contributed by atoms with E-state index in [2.05, 4.69) is 5.32 Å². The van der Waals surface area contributed by atoms with Crippen LogP contribution in [0.5, 0.6) is 5.75 Å². The molecular weight excluding hydrogens is 357 g/mol. The number of aryl methyl sites for hydroxylation is 1. The van der Waals surface area contributed by atoms with Gasteiger partial charge in [0.05, 0.1) is 5.56 Å². The third kappa shape index (κ3) is 4.40. The van der Waals surface area contributed by atoms with Crippen LogP contribution < -0.4 is 10.1 Å². The van der Waals surface area contributed by atoms with Crippen LogP contribution in [-0.4, -0.2) is 25.1 Å². The largest absolute Gasteiger partial charge is 0.490 e. The van der Waals surface area contributed by atoms with Crippen molar-refractivity contribution in [3.63, 3.8) is 0 Å². The fourth-order valence-electron chi connectivity index (χ4n) is 2.42. The maximum Gasteiger partial charge on any atom is 0.341 e. The van der Waals surface area contributed by atoms with E-state index in [1.165, 1.54) is 35.6 Å². The van der Waals surface area contributed by atoms with Gasteiger partial charge in [0.15, 0.2) is 0 Å². The van der Waals surface area contributed by atoms with Crippen LogP contribution in [0, 0.1) is 25.6 Å². The van der Waals surface area contributed by atoms with Gasteiger partial charge in [-0.25, -0.2) is 9.18 Å². The number of rotatable bonds is 7. The van der Waals surface area contributed by atoms with Gasteiger partial charge in [0, 0.05) is 10.8 Å². The lowest BCUT2D eigenvalue weighted by Crippen LogP contribution is -2.17. The molecule has 1 aromatic heterocycles. The zero-order valence-electron chi connectivity index (χ0n) is 14.6. The number of carbonyl (C=O) groups is 2. The first-order valence-electron chi connectivity index (χ1n) is 8.42. The van der Waals surface area contributed by atoms with Gasteiger partial charge in [-0.2, -0.15) is 0 Å². The van der Waals surface area contributed by atoms with Crippen LogP contribution in [0.1, 0.15) is 33.6 Å². The maximum absolute atomic E-state index is 12.8. The minimum absolute atomic E-state index is 0.0417. The lowest BCUT2D eigenvalue weighted by molar-refractivity contribution is -0.117. The first kappa shape index (κ1) is 18.4. The van der Waals surface area contributed by atoms with Crippen molar-refractivity contribution in [2.45, 2.75) is 26.7 Å². The Kier molecular flexibility index (Phi) is 5.56. The van der Waals surface area contributed by atoms with Gasteiger partial charge in [-0.3, -0.25) is 4.79 Å². The quantitative estimate of drug-likeness (QED) is 0.583. The van der Waals surface area contributed by atoms with Gasteiger partial charge in [0.2, 0.25) is 5.91 Å². The molecule has 1 heterocycles. The van der Waals surface area contributed by atoms with Crippen LogP contribution in [0.4, 0.5) is 9.39 Å². The molecule has 0 atom stereocenters. The number of amides is 1. The highest BCUT2D eigenvalue weighted by Crippen LogP contribution is 2.36. The molecule has 0 radical (unpaired) electrons. The number of benzene rings is 1. The van der Waals surface area contributed by atoms with Crippen molar-refractivity contribution in [3.8, 4) is 5.75 Å². The molecule has 0 saturated heterocycles. The summed E-state index contributed by atoms with van der Waals surface area (Å²) < 4.78 is 23.5. The molecule has 0 aliphatic heterocycles. The minimum atomic E-state index is -0.486. The Hall–Kier alpha value is -2.41. The third-order valence-corrected chi connectivity index (χ3v) is 5.30. The molecule has 26 heavy (non-hydrogen) atoms. The van der Waals surface area contributed by atoms with E-state index in [1.54, 1.807) is 0 Å². The lowest BCUT2D eigenvalue weighted by atomic mass is 10.1. The maximum atomic E-state index is 12.8. The van der Waals surface area contributed by atoms with Crippen molar-refractivity contribution in [2.75, 3.05) is 18.5 Å². The number of nitrogens with one attached hydrogen (secondary N) is 1. The van der Waals surface area contributed by atoms with Crippen LogP contribution in [0.15, 0.2) is 24.3 Å². The molecule has 1 aliphatic carbocycles. The van der Waals surface area contributed by atoms with E-state index in [0.717, 1.165) is 23.3 Å². The molecule has 0 unspecified atom stereocenters. The second-order valence-corrected chi connectivity index (χ2v) is 7.41. The molecule has 1 aliphatic rings. The monoisotopic (exact) mass is 377 g/mol. The van der Waals surface area contributed by atoms with Crippen LogP contribution in [-0.2, 0) is 9.53 Å². The normalized spacial score (nSPS) is 13.3. The number of halogens is 1. The molecule has 3 rings (SSSR count). The highest BCUT2D eigenvalue weighted by molar-refractivity contribution is 7.16. The molecule has 1 amide bonds. The number of hydrogen-bond acceptors (Lipinski definition) is 5. The molecule has 2 aromatic rings. The summed E-state index contributed by atoms with van der Waals surface area (Å²) in [6.07, 6.45) is 1.80. The summed E-state index contributed by atoms with van der Waals surface area (Å²) >= 11 is 1.38. The first-order valence-corrected chi connectivity index (χ1v) is 9.23. The summed E-state index contributed by atoms with van der Waals surface area (Å²) in [5, 5.41) is 3.39. The molecule has 0 bridgehead atoms.